The molecule has 7 heteroatoms. The lowest BCUT2D eigenvalue weighted by Gasteiger charge is -2.18. The van der Waals surface area contributed by atoms with E-state index in [0.717, 1.165) is 28.7 Å². The number of hydrogen-bond donors (Lipinski definition) is 2. The Hall–Kier alpha value is -3.19. The Bertz CT molecular complexity index is 929. The standard InChI is InChI=1S/C26H32N2O5/c1-18(29)24(13-7-8-15-27-25(30)14-16-32-2)28-26(31)33-17-23-21-11-5-3-9-19(21)20-10-4-6-12-22(20)23/h3-6,9-12,23-24H,7-8,13-17H2,1-2H3,(H,27,30)(H,28,31)/t24-/m0/s1. The second-order valence-electron chi connectivity index (χ2n) is 8.22. The van der Waals surface area contributed by atoms with Gasteiger partial charge in [-0.1, -0.05) is 48.5 Å². The van der Waals surface area contributed by atoms with Crippen LogP contribution in [0.15, 0.2) is 48.5 Å². The molecule has 0 radical (unpaired) electrons. The minimum absolute atomic E-state index is 0.0272. The third-order valence-corrected chi connectivity index (χ3v) is 5.90. The zero-order valence-corrected chi connectivity index (χ0v) is 19.3. The van der Waals surface area contributed by atoms with Gasteiger partial charge in [-0.15, -0.1) is 0 Å². The van der Waals surface area contributed by atoms with Crippen molar-refractivity contribution in [2.75, 3.05) is 26.9 Å². The van der Waals surface area contributed by atoms with E-state index in [2.05, 4.69) is 34.9 Å². The largest absolute Gasteiger partial charge is 0.449 e. The number of hydrogen-bond acceptors (Lipinski definition) is 5. The van der Waals surface area contributed by atoms with Crippen LogP contribution in [0.25, 0.3) is 11.1 Å². The summed E-state index contributed by atoms with van der Waals surface area (Å²) < 4.78 is 10.4. The molecule has 1 aliphatic rings. The summed E-state index contributed by atoms with van der Waals surface area (Å²) in [6, 6.07) is 15.7. The summed E-state index contributed by atoms with van der Waals surface area (Å²) in [5, 5.41) is 5.51. The van der Waals surface area contributed by atoms with Crippen LogP contribution >= 0.6 is 0 Å². The van der Waals surface area contributed by atoms with E-state index >= 15 is 0 Å². The summed E-state index contributed by atoms with van der Waals surface area (Å²) in [7, 11) is 1.55. The van der Waals surface area contributed by atoms with E-state index in [9.17, 15) is 14.4 Å². The Morgan fingerprint density at radius 1 is 0.970 bits per heavy atom. The SMILES string of the molecule is COCCC(=O)NCCCC[C@H](NC(=O)OCC1c2ccccc2-c2ccccc21)C(C)=O. The van der Waals surface area contributed by atoms with Crippen molar-refractivity contribution >= 4 is 17.8 Å². The molecular formula is C26H32N2O5. The van der Waals surface area contributed by atoms with Gasteiger partial charge in [0, 0.05) is 26.0 Å². The molecule has 0 unspecified atom stereocenters. The number of alkyl carbamates (subject to hydrolysis) is 1. The predicted molar refractivity (Wildman–Crippen MR) is 126 cm³/mol. The Kier molecular flexibility index (Phi) is 9.01. The third-order valence-electron chi connectivity index (χ3n) is 5.90. The fourth-order valence-corrected chi connectivity index (χ4v) is 4.14. The van der Waals surface area contributed by atoms with Gasteiger partial charge in [0.25, 0.3) is 0 Å². The second kappa shape index (κ2) is 12.2. The predicted octanol–water partition coefficient (Wildman–Crippen LogP) is 3.81. The summed E-state index contributed by atoms with van der Waals surface area (Å²) in [6.07, 6.45) is 1.64. The number of rotatable bonds is 12. The van der Waals surface area contributed by atoms with Gasteiger partial charge in [-0.3, -0.25) is 9.59 Å². The average molecular weight is 453 g/mol. The van der Waals surface area contributed by atoms with Gasteiger partial charge in [-0.05, 0) is 48.4 Å². The Labute approximate surface area is 194 Å². The monoisotopic (exact) mass is 452 g/mol. The van der Waals surface area contributed by atoms with E-state index < -0.39 is 12.1 Å². The van der Waals surface area contributed by atoms with Crippen molar-refractivity contribution in [3.63, 3.8) is 0 Å². The first-order valence-corrected chi connectivity index (χ1v) is 11.4. The molecule has 176 valence electrons. The summed E-state index contributed by atoms with van der Waals surface area (Å²) in [5.74, 6) is -0.204. The minimum Gasteiger partial charge on any atom is -0.449 e. The number of nitrogens with one attached hydrogen (secondary N) is 2. The number of Topliss-reactive ketones (excluding diaryl/α,β-unsaturated/α-hetero) is 1. The molecule has 7 nitrogen and oxygen atoms in total. The van der Waals surface area contributed by atoms with Crippen molar-refractivity contribution in [1.29, 1.82) is 0 Å². The minimum atomic E-state index is -0.607. The van der Waals surface area contributed by atoms with Crippen molar-refractivity contribution in [3.05, 3.63) is 59.7 Å². The van der Waals surface area contributed by atoms with Gasteiger partial charge in [0.1, 0.15) is 6.61 Å². The number of carbonyl (C=O) groups excluding carboxylic acids is 3. The maximum Gasteiger partial charge on any atom is 0.407 e. The van der Waals surface area contributed by atoms with Crippen LogP contribution in [-0.2, 0) is 19.1 Å². The lowest BCUT2D eigenvalue weighted by Crippen LogP contribution is -2.40. The van der Waals surface area contributed by atoms with E-state index in [1.54, 1.807) is 7.11 Å². The first kappa shape index (κ1) is 24.5. The quantitative estimate of drug-likeness (QED) is 0.478. The van der Waals surface area contributed by atoms with Gasteiger partial charge < -0.3 is 20.1 Å². The summed E-state index contributed by atoms with van der Waals surface area (Å²) >= 11 is 0. The van der Waals surface area contributed by atoms with E-state index in [0.29, 0.717) is 32.4 Å². The van der Waals surface area contributed by atoms with Crippen LogP contribution in [0.3, 0.4) is 0 Å². The van der Waals surface area contributed by atoms with E-state index in [4.69, 9.17) is 9.47 Å². The fourth-order valence-electron chi connectivity index (χ4n) is 4.14. The maximum atomic E-state index is 12.5. The van der Waals surface area contributed by atoms with Gasteiger partial charge >= 0.3 is 6.09 Å². The smallest absolute Gasteiger partial charge is 0.407 e. The zero-order valence-electron chi connectivity index (χ0n) is 19.3. The van der Waals surface area contributed by atoms with Crippen LogP contribution in [0.2, 0.25) is 0 Å². The Morgan fingerprint density at radius 2 is 1.61 bits per heavy atom. The topological polar surface area (TPSA) is 93.7 Å². The van der Waals surface area contributed by atoms with Crippen LogP contribution in [0.1, 0.15) is 49.7 Å². The average Bonchev–Trinajstić information content (AvgIpc) is 3.14. The Morgan fingerprint density at radius 3 is 2.21 bits per heavy atom. The molecule has 0 aliphatic heterocycles. The van der Waals surface area contributed by atoms with Gasteiger partial charge in [0.2, 0.25) is 5.91 Å². The molecule has 1 atom stereocenters. The second-order valence-corrected chi connectivity index (χ2v) is 8.22. The normalized spacial score (nSPS) is 13.0. The lowest BCUT2D eigenvalue weighted by atomic mass is 9.98. The first-order chi connectivity index (χ1) is 16.0. The molecule has 0 aromatic heterocycles. The molecule has 33 heavy (non-hydrogen) atoms. The number of benzene rings is 2. The number of methoxy groups -OCH3 is 1. The molecule has 2 aromatic rings. The van der Waals surface area contributed by atoms with Crippen molar-refractivity contribution in [1.82, 2.24) is 10.6 Å². The molecule has 0 heterocycles. The zero-order chi connectivity index (χ0) is 23.6. The molecule has 2 aromatic carbocycles. The molecule has 3 rings (SSSR count). The van der Waals surface area contributed by atoms with Gasteiger partial charge in [0.05, 0.1) is 12.6 Å². The van der Waals surface area contributed by atoms with Gasteiger partial charge in [0.15, 0.2) is 5.78 Å². The highest BCUT2D eigenvalue weighted by Crippen LogP contribution is 2.44. The highest BCUT2D eigenvalue weighted by molar-refractivity contribution is 5.85. The molecule has 0 fully saturated rings. The summed E-state index contributed by atoms with van der Waals surface area (Å²) in [6.45, 7) is 2.58. The number of unbranched alkanes of at least 4 members (excludes halogenated alkanes) is 1. The number of carbonyl (C=O) groups is 3. The van der Waals surface area contributed by atoms with Crippen LogP contribution < -0.4 is 10.6 Å². The molecule has 2 N–H and O–H groups in total. The van der Waals surface area contributed by atoms with Crippen LogP contribution in [0, 0.1) is 0 Å². The number of fused-ring (bicyclic) bond motifs is 3. The highest BCUT2D eigenvalue weighted by Gasteiger charge is 2.29. The summed E-state index contributed by atoms with van der Waals surface area (Å²) in [4.78, 5) is 36.0. The van der Waals surface area contributed by atoms with Gasteiger partial charge in [-0.2, -0.15) is 0 Å². The highest BCUT2D eigenvalue weighted by atomic mass is 16.5. The van der Waals surface area contributed by atoms with Gasteiger partial charge in [-0.25, -0.2) is 4.79 Å². The molecular weight excluding hydrogens is 420 g/mol. The van der Waals surface area contributed by atoms with Crippen molar-refractivity contribution in [3.8, 4) is 11.1 Å². The lowest BCUT2D eigenvalue weighted by molar-refractivity contribution is -0.122. The molecule has 0 saturated heterocycles. The third kappa shape index (κ3) is 6.65. The van der Waals surface area contributed by atoms with Crippen LogP contribution in [-0.4, -0.2) is 50.7 Å². The first-order valence-electron chi connectivity index (χ1n) is 11.4. The van der Waals surface area contributed by atoms with E-state index in [1.165, 1.54) is 6.92 Å². The van der Waals surface area contributed by atoms with Crippen LogP contribution in [0.4, 0.5) is 4.79 Å². The number of ether oxygens (including phenoxy) is 2. The molecule has 2 amide bonds. The number of amides is 2. The molecule has 1 aliphatic carbocycles. The Balaban J connectivity index is 1.46. The summed E-state index contributed by atoms with van der Waals surface area (Å²) in [5.41, 5.74) is 4.61. The number of ketones is 1. The van der Waals surface area contributed by atoms with Crippen LogP contribution in [0.5, 0.6) is 0 Å². The van der Waals surface area contributed by atoms with E-state index in [1.807, 2.05) is 24.3 Å². The molecule has 0 spiro atoms. The van der Waals surface area contributed by atoms with Crippen molar-refractivity contribution < 1.29 is 23.9 Å². The molecule has 0 bridgehead atoms. The molecule has 0 saturated carbocycles. The van der Waals surface area contributed by atoms with Crippen molar-refractivity contribution in [2.24, 2.45) is 0 Å². The van der Waals surface area contributed by atoms with Crippen molar-refractivity contribution in [2.45, 2.75) is 44.6 Å². The van der Waals surface area contributed by atoms with E-state index in [-0.39, 0.29) is 24.2 Å². The fraction of sp³-hybridized carbons (Fsp3) is 0.423. The maximum absolute atomic E-state index is 12.5.